The average molecular weight is 254 g/mol. The predicted molar refractivity (Wildman–Crippen MR) is 59.4 cm³/mol. The van der Waals surface area contributed by atoms with Gasteiger partial charge in [-0.1, -0.05) is 28.1 Å². The van der Waals surface area contributed by atoms with Crippen molar-refractivity contribution in [1.82, 2.24) is 5.32 Å². The summed E-state index contributed by atoms with van der Waals surface area (Å²) in [6.45, 7) is 1.79. The molecule has 2 rings (SSSR count). The minimum atomic E-state index is 0.177. The number of hydrogen-bond acceptors (Lipinski definition) is 2. The van der Waals surface area contributed by atoms with Crippen molar-refractivity contribution in [2.45, 2.75) is 6.42 Å². The van der Waals surface area contributed by atoms with E-state index in [2.05, 4.69) is 21.2 Å². The molecule has 1 saturated heterocycles. The highest BCUT2D eigenvalue weighted by atomic mass is 79.9. The third-order valence-corrected chi connectivity index (χ3v) is 3.09. The standard InChI is InChI=1S/C11H12BrNO/c12-10-3-1-8(2-4-10)11(14)9-5-6-13-7-9/h1-4,9,13H,5-7H2/t9-/m1/s1. The van der Waals surface area contributed by atoms with Gasteiger partial charge in [0.05, 0.1) is 0 Å². The molecule has 0 amide bonds. The van der Waals surface area contributed by atoms with E-state index in [1.165, 1.54) is 0 Å². The molecule has 0 aromatic heterocycles. The lowest BCUT2D eigenvalue weighted by Gasteiger charge is -2.06. The second-order valence-corrected chi connectivity index (χ2v) is 4.48. The molecule has 1 heterocycles. The normalized spacial score (nSPS) is 21.1. The topological polar surface area (TPSA) is 29.1 Å². The lowest BCUT2D eigenvalue weighted by molar-refractivity contribution is 0.0930. The fraction of sp³-hybridized carbons (Fsp3) is 0.364. The molecule has 0 spiro atoms. The summed E-state index contributed by atoms with van der Waals surface area (Å²) in [4.78, 5) is 11.9. The van der Waals surface area contributed by atoms with Crippen molar-refractivity contribution < 1.29 is 4.79 Å². The van der Waals surface area contributed by atoms with Crippen LogP contribution >= 0.6 is 15.9 Å². The van der Waals surface area contributed by atoms with Gasteiger partial charge in [-0.15, -0.1) is 0 Å². The molecule has 0 aliphatic carbocycles. The van der Waals surface area contributed by atoms with Gasteiger partial charge >= 0.3 is 0 Å². The van der Waals surface area contributed by atoms with Crippen LogP contribution in [0.5, 0.6) is 0 Å². The van der Waals surface area contributed by atoms with E-state index >= 15 is 0 Å². The lowest BCUT2D eigenvalue weighted by Crippen LogP contribution is -2.17. The molecule has 1 aliphatic rings. The SMILES string of the molecule is O=C(c1ccc(Br)cc1)[C@@H]1CCNC1. The van der Waals surface area contributed by atoms with Gasteiger partial charge in [-0.25, -0.2) is 0 Å². The van der Waals surface area contributed by atoms with E-state index < -0.39 is 0 Å². The van der Waals surface area contributed by atoms with Crippen molar-refractivity contribution in [3.63, 3.8) is 0 Å². The fourth-order valence-electron chi connectivity index (χ4n) is 1.73. The number of rotatable bonds is 2. The van der Waals surface area contributed by atoms with E-state index in [4.69, 9.17) is 0 Å². The number of halogens is 1. The van der Waals surface area contributed by atoms with Crippen LogP contribution in [-0.4, -0.2) is 18.9 Å². The predicted octanol–water partition coefficient (Wildman–Crippen LogP) is 2.24. The Morgan fingerprint density at radius 1 is 1.36 bits per heavy atom. The van der Waals surface area contributed by atoms with E-state index in [-0.39, 0.29) is 11.7 Å². The molecular weight excluding hydrogens is 242 g/mol. The Morgan fingerprint density at radius 2 is 2.07 bits per heavy atom. The molecule has 3 heteroatoms. The molecule has 0 unspecified atom stereocenters. The molecular formula is C11H12BrNO. The van der Waals surface area contributed by atoms with Gasteiger partial charge in [0.15, 0.2) is 5.78 Å². The summed E-state index contributed by atoms with van der Waals surface area (Å²) in [7, 11) is 0. The summed E-state index contributed by atoms with van der Waals surface area (Å²) in [5.41, 5.74) is 0.821. The molecule has 0 radical (unpaired) electrons. The zero-order chi connectivity index (χ0) is 9.97. The van der Waals surface area contributed by atoms with Crippen LogP contribution in [0.3, 0.4) is 0 Å². The third-order valence-electron chi connectivity index (χ3n) is 2.56. The van der Waals surface area contributed by atoms with Crippen LogP contribution in [0, 0.1) is 5.92 Å². The first-order valence-electron chi connectivity index (χ1n) is 4.78. The van der Waals surface area contributed by atoms with Gasteiger partial charge in [-0.3, -0.25) is 4.79 Å². The Kier molecular flexibility index (Phi) is 2.99. The van der Waals surface area contributed by atoms with Crippen LogP contribution in [-0.2, 0) is 0 Å². The van der Waals surface area contributed by atoms with Gasteiger partial charge in [0.2, 0.25) is 0 Å². The van der Waals surface area contributed by atoms with Gasteiger partial charge in [-0.05, 0) is 25.1 Å². The number of benzene rings is 1. The molecule has 1 aliphatic heterocycles. The van der Waals surface area contributed by atoms with Crippen molar-refractivity contribution in [3.8, 4) is 0 Å². The Morgan fingerprint density at radius 3 is 2.64 bits per heavy atom. The summed E-state index contributed by atoms with van der Waals surface area (Å²) in [6.07, 6.45) is 0.967. The van der Waals surface area contributed by atoms with E-state index in [9.17, 15) is 4.79 Å². The van der Waals surface area contributed by atoms with Gasteiger partial charge < -0.3 is 5.32 Å². The molecule has 0 bridgehead atoms. The van der Waals surface area contributed by atoms with Crippen LogP contribution in [0.4, 0.5) is 0 Å². The number of carbonyl (C=O) groups excluding carboxylic acids is 1. The highest BCUT2D eigenvalue weighted by Crippen LogP contribution is 2.17. The highest BCUT2D eigenvalue weighted by molar-refractivity contribution is 9.10. The maximum atomic E-state index is 11.9. The Hall–Kier alpha value is -0.670. The first-order chi connectivity index (χ1) is 6.77. The van der Waals surface area contributed by atoms with Crippen molar-refractivity contribution >= 4 is 21.7 Å². The van der Waals surface area contributed by atoms with E-state index in [1.54, 1.807) is 0 Å². The smallest absolute Gasteiger partial charge is 0.167 e. The summed E-state index contributed by atoms with van der Waals surface area (Å²) < 4.78 is 1.01. The average Bonchev–Trinajstić information content (AvgIpc) is 2.71. The van der Waals surface area contributed by atoms with Crippen molar-refractivity contribution in [2.24, 2.45) is 5.92 Å². The fourth-order valence-corrected chi connectivity index (χ4v) is 1.99. The maximum absolute atomic E-state index is 11.9. The molecule has 1 fully saturated rings. The quantitative estimate of drug-likeness (QED) is 0.820. The molecule has 1 atom stereocenters. The minimum absolute atomic E-state index is 0.177. The van der Waals surface area contributed by atoms with Crippen LogP contribution in [0.15, 0.2) is 28.7 Å². The number of nitrogens with one attached hydrogen (secondary N) is 1. The zero-order valence-corrected chi connectivity index (χ0v) is 9.38. The summed E-state index contributed by atoms with van der Waals surface area (Å²) >= 11 is 3.35. The monoisotopic (exact) mass is 253 g/mol. The maximum Gasteiger partial charge on any atom is 0.167 e. The first kappa shape index (κ1) is 9.87. The third kappa shape index (κ3) is 2.04. The van der Waals surface area contributed by atoms with Crippen molar-refractivity contribution in [3.05, 3.63) is 34.3 Å². The Bertz CT molecular complexity index is 328. The van der Waals surface area contributed by atoms with Crippen LogP contribution in [0.25, 0.3) is 0 Å². The van der Waals surface area contributed by atoms with E-state index in [0.29, 0.717) is 0 Å². The molecule has 74 valence electrons. The largest absolute Gasteiger partial charge is 0.316 e. The molecule has 2 nitrogen and oxygen atoms in total. The van der Waals surface area contributed by atoms with Crippen molar-refractivity contribution in [1.29, 1.82) is 0 Å². The second kappa shape index (κ2) is 4.24. The van der Waals surface area contributed by atoms with Gasteiger partial charge in [0, 0.05) is 22.5 Å². The van der Waals surface area contributed by atoms with Crippen LogP contribution in [0.2, 0.25) is 0 Å². The van der Waals surface area contributed by atoms with Crippen molar-refractivity contribution in [2.75, 3.05) is 13.1 Å². The minimum Gasteiger partial charge on any atom is -0.316 e. The van der Waals surface area contributed by atoms with Gasteiger partial charge in [0.25, 0.3) is 0 Å². The lowest BCUT2D eigenvalue weighted by atomic mass is 9.97. The summed E-state index contributed by atoms with van der Waals surface area (Å²) in [5, 5.41) is 3.20. The summed E-state index contributed by atoms with van der Waals surface area (Å²) in [6, 6.07) is 7.58. The van der Waals surface area contributed by atoms with Crippen LogP contribution in [0.1, 0.15) is 16.8 Å². The van der Waals surface area contributed by atoms with E-state index in [0.717, 1.165) is 29.5 Å². The Balaban J connectivity index is 2.14. The Labute approximate surface area is 91.8 Å². The molecule has 1 aromatic carbocycles. The number of hydrogen-bond donors (Lipinski definition) is 1. The molecule has 0 saturated carbocycles. The number of Topliss-reactive ketones (excluding diaryl/α,β-unsaturated/α-hetero) is 1. The van der Waals surface area contributed by atoms with Gasteiger partial charge in [-0.2, -0.15) is 0 Å². The molecule has 14 heavy (non-hydrogen) atoms. The number of carbonyl (C=O) groups is 1. The molecule has 1 N–H and O–H groups in total. The number of ketones is 1. The van der Waals surface area contributed by atoms with Gasteiger partial charge in [0.1, 0.15) is 0 Å². The van der Waals surface area contributed by atoms with E-state index in [1.807, 2.05) is 24.3 Å². The van der Waals surface area contributed by atoms with Crippen LogP contribution < -0.4 is 5.32 Å². The first-order valence-corrected chi connectivity index (χ1v) is 5.57. The zero-order valence-electron chi connectivity index (χ0n) is 7.79. The second-order valence-electron chi connectivity index (χ2n) is 3.56. The highest BCUT2D eigenvalue weighted by Gasteiger charge is 2.23. The molecule has 1 aromatic rings. The summed E-state index contributed by atoms with van der Waals surface area (Å²) in [5.74, 6) is 0.443.